The van der Waals surface area contributed by atoms with Gasteiger partial charge < -0.3 is 10.1 Å². The van der Waals surface area contributed by atoms with E-state index in [1.807, 2.05) is 42.5 Å². The highest BCUT2D eigenvalue weighted by Crippen LogP contribution is 2.28. The van der Waals surface area contributed by atoms with Crippen LogP contribution in [0.1, 0.15) is 19.4 Å². The largest absolute Gasteiger partial charge is 0.457 e. The third-order valence-corrected chi connectivity index (χ3v) is 3.53. The Bertz CT molecular complexity index is 569. The molecule has 4 heteroatoms. The third-order valence-electron chi connectivity index (χ3n) is 2.76. The summed E-state index contributed by atoms with van der Waals surface area (Å²) in [6.07, 6.45) is 0. The van der Waals surface area contributed by atoms with Crippen molar-refractivity contribution in [3.63, 3.8) is 0 Å². The minimum atomic E-state index is 0.412. The molecule has 2 aromatic carbocycles. The maximum atomic E-state index is 6.07. The molecule has 106 valence electrons. The van der Waals surface area contributed by atoms with Crippen molar-refractivity contribution in [1.82, 2.24) is 5.32 Å². The Balaban J connectivity index is 2.19. The summed E-state index contributed by atoms with van der Waals surface area (Å²) in [5.74, 6) is 1.63. The van der Waals surface area contributed by atoms with E-state index in [4.69, 9.17) is 16.3 Å². The zero-order chi connectivity index (χ0) is 14.5. The second kappa shape index (κ2) is 7.11. The van der Waals surface area contributed by atoms with Gasteiger partial charge in [0.1, 0.15) is 11.5 Å². The van der Waals surface area contributed by atoms with Gasteiger partial charge >= 0.3 is 0 Å². The van der Waals surface area contributed by atoms with E-state index in [1.54, 1.807) is 0 Å². The van der Waals surface area contributed by atoms with Crippen LogP contribution in [0.5, 0.6) is 11.5 Å². The predicted molar refractivity (Wildman–Crippen MR) is 87.6 cm³/mol. The quantitative estimate of drug-likeness (QED) is 0.777. The van der Waals surface area contributed by atoms with Gasteiger partial charge in [-0.2, -0.15) is 0 Å². The highest BCUT2D eigenvalue weighted by atomic mass is 79.9. The van der Waals surface area contributed by atoms with Crippen molar-refractivity contribution < 1.29 is 4.74 Å². The van der Waals surface area contributed by atoms with Gasteiger partial charge in [0.05, 0.1) is 0 Å². The van der Waals surface area contributed by atoms with Gasteiger partial charge in [-0.05, 0) is 42.5 Å². The van der Waals surface area contributed by atoms with Crippen molar-refractivity contribution in [2.75, 3.05) is 0 Å². The molecule has 0 aliphatic heterocycles. The number of ether oxygens (including phenoxy) is 1. The average Bonchev–Trinajstić information content (AvgIpc) is 2.41. The van der Waals surface area contributed by atoms with E-state index in [1.165, 1.54) is 0 Å². The Morgan fingerprint density at radius 2 is 1.85 bits per heavy atom. The molecule has 2 nitrogen and oxygen atoms in total. The Hall–Kier alpha value is -1.03. The Morgan fingerprint density at radius 3 is 2.50 bits per heavy atom. The van der Waals surface area contributed by atoms with Gasteiger partial charge in [-0.1, -0.05) is 41.4 Å². The second-order valence-corrected chi connectivity index (χ2v) is 6.20. The number of nitrogens with one attached hydrogen (secondary N) is 1. The molecule has 0 atom stereocenters. The lowest BCUT2D eigenvalue weighted by Gasteiger charge is -2.14. The predicted octanol–water partition coefficient (Wildman–Crippen LogP) is 5.39. The Kier molecular flexibility index (Phi) is 5.46. The first-order chi connectivity index (χ1) is 9.54. The molecule has 0 aliphatic rings. The molecule has 0 radical (unpaired) electrons. The summed E-state index contributed by atoms with van der Waals surface area (Å²) in [6, 6.07) is 13.9. The van der Waals surface area contributed by atoms with Crippen LogP contribution in [-0.2, 0) is 6.54 Å². The number of halogens is 2. The molecule has 0 saturated carbocycles. The summed E-state index contributed by atoms with van der Waals surface area (Å²) in [6.45, 7) is 4.95. The summed E-state index contributed by atoms with van der Waals surface area (Å²) in [5, 5.41) is 4.09. The first kappa shape index (κ1) is 15.4. The maximum Gasteiger partial charge on any atom is 0.132 e. The molecule has 20 heavy (non-hydrogen) atoms. The first-order valence-corrected chi connectivity index (χ1v) is 7.67. The standard InChI is InChI=1S/C16H17BrClNO/c1-11(2)19-10-12-9-14(18)5-8-16(12)20-15-6-3-13(17)4-7-15/h3-9,11,19H,10H2,1-2H3. The molecular formula is C16H17BrClNO. The van der Waals surface area contributed by atoms with Crippen molar-refractivity contribution in [3.8, 4) is 11.5 Å². The highest BCUT2D eigenvalue weighted by Gasteiger charge is 2.07. The Morgan fingerprint density at radius 1 is 1.15 bits per heavy atom. The molecule has 0 saturated heterocycles. The third kappa shape index (κ3) is 4.51. The van der Waals surface area contributed by atoms with E-state index in [9.17, 15) is 0 Å². The minimum absolute atomic E-state index is 0.412. The fourth-order valence-corrected chi connectivity index (χ4v) is 2.19. The van der Waals surface area contributed by atoms with E-state index in [-0.39, 0.29) is 0 Å². The molecule has 0 heterocycles. The number of rotatable bonds is 5. The zero-order valence-electron chi connectivity index (χ0n) is 11.5. The van der Waals surface area contributed by atoms with Gasteiger partial charge in [0.25, 0.3) is 0 Å². The smallest absolute Gasteiger partial charge is 0.132 e. The van der Waals surface area contributed by atoms with Crippen LogP contribution in [0.25, 0.3) is 0 Å². The van der Waals surface area contributed by atoms with Crippen molar-refractivity contribution in [2.24, 2.45) is 0 Å². The first-order valence-electron chi connectivity index (χ1n) is 6.50. The van der Waals surface area contributed by atoms with Gasteiger partial charge in [0.15, 0.2) is 0 Å². The van der Waals surface area contributed by atoms with Gasteiger partial charge in [-0.15, -0.1) is 0 Å². The summed E-state index contributed by atoms with van der Waals surface area (Å²) in [7, 11) is 0. The second-order valence-electron chi connectivity index (χ2n) is 4.84. The lowest BCUT2D eigenvalue weighted by atomic mass is 10.2. The summed E-state index contributed by atoms with van der Waals surface area (Å²) in [5.41, 5.74) is 1.05. The number of benzene rings is 2. The molecule has 0 fully saturated rings. The van der Waals surface area contributed by atoms with Crippen LogP contribution in [0.15, 0.2) is 46.9 Å². The number of hydrogen-bond donors (Lipinski definition) is 1. The van der Waals surface area contributed by atoms with Crippen molar-refractivity contribution in [2.45, 2.75) is 26.4 Å². The molecule has 0 spiro atoms. The van der Waals surface area contributed by atoms with Crippen LogP contribution in [0.3, 0.4) is 0 Å². The van der Waals surface area contributed by atoms with Gasteiger partial charge in [-0.3, -0.25) is 0 Å². The lowest BCUT2D eigenvalue weighted by molar-refractivity contribution is 0.469. The van der Waals surface area contributed by atoms with Gasteiger partial charge in [0, 0.05) is 27.6 Å². The molecule has 2 rings (SSSR count). The van der Waals surface area contributed by atoms with E-state index >= 15 is 0 Å². The van der Waals surface area contributed by atoms with E-state index in [0.717, 1.165) is 28.1 Å². The molecular weight excluding hydrogens is 338 g/mol. The van der Waals surface area contributed by atoms with E-state index in [0.29, 0.717) is 11.1 Å². The minimum Gasteiger partial charge on any atom is -0.457 e. The van der Waals surface area contributed by atoms with Crippen LogP contribution in [0.2, 0.25) is 5.02 Å². The van der Waals surface area contributed by atoms with Crippen LogP contribution in [0, 0.1) is 0 Å². The molecule has 2 aromatic rings. The van der Waals surface area contributed by atoms with Crippen molar-refractivity contribution in [1.29, 1.82) is 0 Å². The molecule has 1 N–H and O–H groups in total. The van der Waals surface area contributed by atoms with Crippen LogP contribution in [0.4, 0.5) is 0 Å². The summed E-state index contributed by atoms with van der Waals surface area (Å²) >= 11 is 9.48. The van der Waals surface area contributed by atoms with Crippen LogP contribution in [-0.4, -0.2) is 6.04 Å². The summed E-state index contributed by atoms with van der Waals surface area (Å²) < 4.78 is 6.96. The fraction of sp³-hybridized carbons (Fsp3) is 0.250. The monoisotopic (exact) mass is 353 g/mol. The maximum absolute atomic E-state index is 6.07. The van der Waals surface area contributed by atoms with Crippen molar-refractivity contribution >= 4 is 27.5 Å². The van der Waals surface area contributed by atoms with Gasteiger partial charge in [-0.25, -0.2) is 0 Å². The molecule has 0 aliphatic carbocycles. The SMILES string of the molecule is CC(C)NCc1cc(Cl)ccc1Oc1ccc(Br)cc1. The molecule has 0 bridgehead atoms. The molecule has 0 unspecified atom stereocenters. The van der Waals surface area contributed by atoms with Crippen LogP contribution < -0.4 is 10.1 Å². The lowest BCUT2D eigenvalue weighted by Crippen LogP contribution is -2.22. The molecule has 0 amide bonds. The molecule has 0 aromatic heterocycles. The average molecular weight is 355 g/mol. The highest BCUT2D eigenvalue weighted by molar-refractivity contribution is 9.10. The van der Waals surface area contributed by atoms with Crippen molar-refractivity contribution in [3.05, 3.63) is 57.5 Å². The zero-order valence-corrected chi connectivity index (χ0v) is 13.8. The summed E-state index contributed by atoms with van der Waals surface area (Å²) in [4.78, 5) is 0. The van der Waals surface area contributed by atoms with E-state index in [2.05, 4.69) is 35.1 Å². The fourth-order valence-electron chi connectivity index (χ4n) is 1.73. The van der Waals surface area contributed by atoms with Crippen LogP contribution >= 0.6 is 27.5 Å². The normalized spacial score (nSPS) is 10.8. The topological polar surface area (TPSA) is 21.3 Å². The Labute approximate surface area is 133 Å². The number of hydrogen-bond acceptors (Lipinski definition) is 2. The van der Waals surface area contributed by atoms with E-state index < -0.39 is 0 Å². The van der Waals surface area contributed by atoms with Gasteiger partial charge in [0.2, 0.25) is 0 Å².